The molecular weight excluding hydrogens is 300 g/mol. The highest BCUT2D eigenvalue weighted by Crippen LogP contribution is 2.32. The fourth-order valence-electron chi connectivity index (χ4n) is 2.08. The molecule has 0 fully saturated rings. The molecule has 0 saturated carbocycles. The number of carboxylic acid groups (broad SMARTS) is 1. The highest BCUT2D eigenvalue weighted by atomic mass is 16.5. The standard InChI is InChI=1S/C16H12N2O5/c1-22-10-7-5-9(6-8-10)15-17-14(18-23-15)11-3-2-4-12(13(11)19)16(20)21/h2-8,19H,1H3,(H,20,21). The van der Waals surface area contributed by atoms with Gasteiger partial charge in [-0.3, -0.25) is 0 Å². The Kier molecular flexibility index (Phi) is 3.68. The number of aromatic carboxylic acids is 1. The molecule has 0 aliphatic rings. The molecule has 0 aliphatic carbocycles. The number of carboxylic acids is 1. The lowest BCUT2D eigenvalue weighted by atomic mass is 10.1. The normalized spacial score (nSPS) is 10.5. The van der Waals surface area contributed by atoms with Gasteiger partial charge >= 0.3 is 5.97 Å². The summed E-state index contributed by atoms with van der Waals surface area (Å²) in [6, 6.07) is 11.3. The minimum Gasteiger partial charge on any atom is -0.506 e. The van der Waals surface area contributed by atoms with Gasteiger partial charge in [0.15, 0.2) is 0 Å². The molecule has 1 heterocycles. The Morgan fingerprint density at radius 2 is 1.91 bits per heavy atom. The summed E-state index contributed by atoms with van der Waals surface area (Å²) in [6.45, 7) is 0. The topological polar surface area (TPSA) is 106 Å². The lowest BCUT2D eigenvalue weighted by molar-refractivity contribution is 0.0694. The molecule has 0 spiro atoms. The van der Waals surface area contributed by atoms with Crippen LogP contribution >= 0.6 is 0 Å². The number of methoxy groups -OCH3 is 1. The number of hydrogen-bond donors (Lipinski definition) is 2. The van der Waals surface area contributed by atoms with Crippen molar-refractivity contribution in [3.63, 3.8) is 0 Å². The molecule has 0 amide bonds. The summed E-state index contributed by atoms with van der Waals surface area (Å²) < 4.78 is 10.2. The average Bonchev–Trinajstić information content (AvgIpc) is 3.04. The van der Waals surface area contributed by atoms with E-state index in [0.717, 1.165) is 0 Å². The van der Waals surface area contributed by atoms with Gasteiger partial charge in [-0.05, 0) is 36.4 Å². The SMILES string of the molecule is COc1ccc(-c2nc(-c3cccc(C(=O)O)c3O)no2)cc1. The summed E-state index contributed by atoms with van der Waals surface area (Å²) in [6.07, 6.45) is 0. The maximum Gasteiger partial charge on any atom is 0.339 e. The second kappa shape index (κ2) is 5.80. The number of para-hydroxylation sites is 1. The minimum atomic E-state index is -1.23. The molecule has 23 heavy (non-hydrogen) atoms. The van der Waals surface area contributed by atoms with Crippen LogP contribution in [0.5, 0.6) is 11.5 Å². The summed E-state index contributed by atoms with van der Waals surface area (Å²) in [4.78, 5) is 15.3. The third kappa shape index (κ3) is 2.71. The summed E-state index contributed by atoms with van der Waals surface area (Å²) in [5, 5.41) is 22.9. The van der Waals surface area contributed by atoms with Crippen molar-refractivity contribution in [1.82, 2.24) is 10.1 Å². The monoisotopic (exact) mass is 312 g/mol. The zero-order valence-electron chi connectivity index (χ0n) is 12.1. The maximum atomic E-state index is 11.1. The number of aromatic hydroxyl groups is 1. The van der Waals surface area contributed by atoms with E-state index in [1.165, 1.54) is 18.2 Å². The first-order valence-corrected chi connectivity index (χ1v) is 6.64. The number of nitrogens with zero attached hydrogens (tertiary/aromatic N) is 2. The number of carbonyl (C=O) groups is 1. The Hall–Kier alpha value is -3.35. The third-order valence-corrected chi connectivity index (χ3v) is 3.27. The van der Waals surface area contributed by atoms with Crippen molar-refractivity contribution in [2.75, 3.05) is 7.11 Å². The van der Waals surface area contributed by atoms with Crippen molar-refractivity contribution in [1.29, 1.82) is 0 Å². The van der Waals surface area contributed by atoms with Gasteiger partial charge in [-0.2, -0.15) is 4.98 Å². The summed E-state index contributed by atoms with van der Waals surface area (Å²) in [5.74, 6) is -0.579. The molecule has 7 heteroatoms. The van der Waals surface area contributed by atoms with E-state index in [-0.39, 0.29) is 22.8 Å². The third-order valence-electron chi connectivity index (χ3n) is 3.27. The van der Waals surface area contributed by atoms with Crippen molar-refractivity contribution in [3.05, 3.63) is 48.0 Å². The first kappa shape index (κ1) is 14.6. The first-order chi connectivity index (χ1) is 11.1. The van der Waals surface area contributed by atoms with E-state index in [4.69, 9.17) is 14.4 Å². The molecule has 116 valence electrons. The van der Waals surface area contributed by atoms with Crippen LogP contribution in [0, 0.1) is 0 Å². The number of aromatic nitrogens is 2. The first-order valence-electron chi connectivity index (χ1n) is 6.64. The molecule has 1 aromatic heterocycles. The number of hydrogen-bond acceptors (Lipinski definition) is 6. The van der Waals surface area contributed by atoms with E-state index < -0.39 is 11.7 Å². The molecule has 0 radical (unpaired) electrons. The van der Waals surface area contributed by atoms with Crippen LogP contribution in [-0.4, -0.2) is 33.4 Å². The van der Waals surface area contributed by atoms with E-state index in [1.54, 1.807) is 31.4 Å². The number of phenols is 1. The molecule has 2 aromatic carbocycles. The van der Waals surface area contributed by atoms with E-state index in [9.17, 15) is 9.90 Å². The van der Waals surface area contributed by atoms with Crippen LogP contribution in [0.1, 0.15) is 10.4 Å². The lowest BCUT2D eigenvalue weighted by Gasteiger charge is -2.02. The Morgan fingerprint density at radius 1 is 1.17 bits per heavy atom. The summed E-state index contributed by atoms with van der Waals surface area (Å²) in [7, 11) is 1.57. The van der Waals surface area contributed by atoms with Crippen molar-refractivity contribution in [2.45, 2.75) is 0 Å². The Bertz CT molecular complexity index is 855. The lowest BCUT2D eigenvalue weighted by Crippen LogP contribution is -1.97. The summed E-state index contributed by atoms with van der Waals surface area (Å²) in [5.41, 5.74) is 0.644. The second-order valence-corrected chi connectivity index (χ2v) is 4.66. The molecule has 0 unspecified atom stereocenters. The Balaban J connectivity index is 1.99. The van der Waals surface area contributed by atoms with Crippen molar-refractivity contribution < 1.29 is 24.3 Å². The molecule has 0 bridgehead atoms. The highest BCUT2D eigenvalue weighted by molar-refractivity contribution is 5.93. The van der Waals surface area contributed by atoms with Gasteiger partial charge in [0.25, 0.3) is 5.89 Å². The molecule has 0 aliphatic heterocycles. The van der Waals surface area contributed by atoms with Crippen molar-refractivity contribution >= 4 is 5.97 Å². The predicted octanol–water partition coefficient (Wildman–Crippen LogP) is 2.82. The van der Waals surface area contributed by atoms with Crippen molar-refractivity contribution in [3.8, 4) is 34.3 Å². The zero-order chi connectivity index (χ0) is 16.4. The zero-order valence-corrected chi connectivity index (χ0v) is 12.1. The number of rotatable bonds is 4. The van der Waals surface area contributed by atoms with Gasteiger partial charge in [-0.25, -0.2) is 4.79 Å². The van der Waals surface area contributed by atoms with Gasteiger partial charge in [0.1, 0.15) is 17.1 Å². The number of ether oxygens (including phenoxy) is 1. The fourth-order valence-corrected chi connectivity index (χ4v) is 2.08. The fraction of sp³-hybridized carbons (Fsp3) is 0.0625. The second-order valence-electron chi connectivity index (χ2n) is 4.66. The Labute approximate surface area is 130 Å². The molecule has 2 N–H and O–H groups in total. The van der Waals surface area contributed by atoms with Crippen LogP contribution in [-0.2, 0) is 0 Å². The van der Waals surface area contributed by atoms with E-state index in [2.05, 4.69) is 10.1 Å². The molecule has 3 rings (SSSR count). The van der Waals surface area contributed by atoms with Gasteiger partial charge in [0.2, 0.25) is 5.82 Å². The van der Waals surface area contributed by atoms with E-state index in [1.807, 2.05) is 0 Å². The van der Waals surface area contributed by atoms with Crippen LogP contribution in [0.4, 0.5) is 0 Å². The Morgan fingerprint density at radius 3 is 2.57 bits per heavy atom. The van der Waals surface area contributed by atoms with Crippen LogP contribution in [0.25, 0.3) is 22.8 Å². The molecular formula is C16H12N2O5. The van der Waals surface area contributed by atoms with Crippen LogP contribution in [0.15, 0.2) is 47.0 Å². The molecule has 0 atom stereocenters. The van der Waals surface area contributed by atoms with Gasteiger partial charge in [-0.15, -0.1) is 0 Å². The van der Waals surface area contributed by atoms with Crippen LogP contribution in [0.3, 0.4) is 0 Å². The summed E-state index contributed by atoms with van der Waals surface area (Å²) >= 11 is 0. The number of benzene rings is 2. The van der Waals surface area contributed by atoms with E-state index in [0.29, 0.717) is 11.3 Å². The van der Waals surface area contributed by atoms with Crippen LogP contribution in [0.2, 0.25) is 0 Å². The largest absolute Gasteiger partial charge is 0.506 e. The minimum absolute atomic E-state index is 0.108. The molecule has 3 aromatic rings. The van der Waals surface area contributed by atoms with Crippen LogP contribution < -0.4 is 4.74 Å². The van der Waals surface area contributed by atoms with Gasteiger partial charge in [-0.1, -0.05) is 11.2 Å². The average molecular weight is 312 g/mol. The smallest absolute Gasteiger partial charge is 0.339 e. The highest BCUT2D eigenvalue weighted by Gasteiger charge is 2.18. The van der Waals surface area contributed by atoms with Crippen molar-refractivity contribution in [2.24, 2.45) is 0 Å². The van der Waals surface area contributed by atoms with Gasteiger partial charge in [0, 0.05) is 5.56 Å². The maximum absolute atomic E-state index is 11.1. The van der Waals surface area contributed by atoms with E-state index >= 15 is 0 Å². The quantitative estimate of drug-likeness (QED) is 0.763. The molecule has 7 nitrogen and oxygen atoms in total. The predicted molar refractivity (Wildman–Crippen MR) is 80.3 cm³/mol. The van der Waals surface area contributed by atoms with Gasteiger partial charge < -0.3 is 19.5 Å². The van der Waals surface area contributed by atoms with Gasteiger partial charge in [0.05, 0.1) is 12.7 Å². The molecule has 0 saturated heterocycles.